The van der Waals surface area contributed by atoms with Crippen LogP contribution in [0.15, 0.2) is 6.20 Å². The molecule has 9 nitrogen and oxygen atoms in total. The fourth-order valence-electron chi connectivity index (χ4n) is 5.20. The molecule has 0 aromatic carbocycles. The number of carbonyl (C=O) groups excluding carboxylic acids is 1. The second-order valence-electron chi connectivity index (χ2n) is 9.38. The predicted octanol–water partition coefficient (Wildman–Crippen LogP) is 2.17. The maximum atomic E-state index is 12.7. The lowest BCUT2D eigenvalue weighted by Gasteiger charge is -2.36. The number of nitrogens with zero attached hydrogens (tertiary/aromatic N) is 5. The van der Waals surface area contributed by atoms with Crippen LogP contribution in [0.25, 0.3) is 11.0 Å². The molecule has 3 fully saturated rings. The van der Waals surface area contributed by atoms with Crippen LogP contribution in [0.5, 0.6) is 0 Å². The third kappa shape index (κ3) is 4.72. The molecular weight excluding hydrogens is 420 g/mol. The summed E-state index contributed by atoms with van der Waals surface area (Å²) in [4.78, 5) is 22.1. The van der Waals surface area contributed by atoms with Crippen LogP contribution in [0.2, 0.25) is 0 Å². The summed E-state index contributed by atoms with van der Waals surface area (Å²) in [6, 6.07) is 0.397. The predicted molar refractivity (Wildman–Crippen MR) is 126 cm³/mol. The topological polar surface area (TPSA) is 84.8 Å². The van der Waals surface area contributed by atoms with E-state index in [0.29, 0.717) is 12.6 Å². The second kappa shape index (κ2) is 9.95. The van der Waals surface area contributed by atoms with Gasteiger partial charge in [0.15, 0.2) is 5.65 Å². The lowest BCUT2D eigenvalue weighted by molar-refractivity contribution is -0.142. The zero-order chi connectivity index (χ0) is 22.8. The molecule has 5 rings (SSSR count). The summed E-state index contributed by atoms with van der Waals surface area (Å²) in [6.45, 7) is 11.4. The van der Waals surface area contributed by atoms with E-state index in [1.54, 1.807) is 0 Å². The molecule has 1 amide bonds. The third-order valence-electron chi connectivity index (χ3n) is 7.23. The second-order valence-corrected chi connectivity index (χ2v) is 9.38. The van der Waals surface area contributed by atoms with E-state index in [9.17, 15) is 4.79 Å². The molecule has 33 heavy (non-hydrogen) atoms. The summed E-state index contributed by atoms with van der Waals surface area (Å²) in [5.41, 5.74) is 4.40. The van der Waals surface area contributed by atoms with Gasteiger partial charge in [-0.3, -0.25) is 9.69 Å². The van der Waals surface area contributed by atoms with Crippen LogP contribution in [0.4, 0.5) is 5.69 Å². The smallest absolute Gasteiger partial charge is 0.251 e. The fourth-order valence-corrected chi connectivity index (χ4v) is 5.20. The highest BCUT2D eigenvalue weighted by molar-refractivity contribution is 5.91. The fraction of sp³-hybridized carbons (Fsp3) is 0.708. The van der Waals surface area contributed by atoms with Crippen molar-refractivity contribution in [3.8, 4) is 0 Å². The average Bonchev–Trinajstić information content (AvgIpc) is 3.52. The summed E-state index contributed by atoms with van der Waals surface area (Å²) in [5.74, 6) is 0.167. The highest BCUT2D eigenvalue weighted by Crippen LogP contribution is 2.32. The monoisotopic (exact) mass is 456 g/mol. The van der Waals surface area contributed by atoms with Crippen molar-refractivity contribution in [3.05, 3.63) is 17.5 Å². The summed E-state index contributed by atoms with van der Waals surface area (Å²) < 4.78 is 13.1. The molecule has 3 aliphatic heterocycles. The minimum atomic E-state index is -0.226. The first-order valence-corrected chi connectivity index (χ1v) is 12.5. The van der Waals surface area contributed by atoms with Crippen LogP contribution < -0.4 is 5.32 Å². The Morgan fingerprint density at radius 3 is 2.64 bits per heavy atom. The van der Waals surface area contributed by atoms with E-state index in [-0.39, 0.29) is 12.0 Å². The van der Waals surface area contributed by atoms with Crippen molar-refractivity contribution in [2.24, 2.45) is 0 Å². The maximum absolute atomic E-state index is 12.7. The van der Waals surface area contributed by atoms with Crippen molar-refractivity contribution in [1.29, 1.82) is 0 Å². The van der Waals surface area contributed by atoms with E-state index in [1.807, 2.05) is 15.8 Å². The largest absolute Gasteiger partial charge is 0.381 e. The van der Waals surface area contributed by atoms with Crippen molar-refractivity contribution in [2.75, 3.05) is 51.3 Å². The molecule has 0 radical (unpaired) electrons. The molecule has 180 valence electrons. The van der Waals surface area contributed by atoms with Crippen LogP contribution in [0, 0.1) is 6.92 Å². The summed E-state index contributed by atoms with van der Waals surface area (Å²) >= 11 is 0. The zero-order valence-electron chi connectivity index (χ0n) is 19.9. The van der Waals surface area contributed by atoms with Crippen molar-refractivity contribution in [1.82, 2.24) is 24.6 Å². The molecule has 5 heterocycles. The highest BCUT2D eigenvalue weighted by Gasteiger charge is 2.31. The van der Waals surface area contributed by atoms with Gasteiger partial charge in [-0.1, -0.05) is 0 Å². The van der Waals surface area contributed by atoms with E-state index in [4.69, 9.17) is 14.5 Å². The van der Waals surface area contributed by atoms with Gasteiger partial charge >= 0.3 is 0 Å². The highest BCUT2D eigenvalue weighted by atomic mass is 16.5. The zero-order valence-corrected chi connectivity index (χ0v) is 19.9. The molecule has 0 spiro atoms. The van der Waals surface area contributed by atoms with Crippen LogP contribution in [-0.4, -0.2) is 88.6 Å². The number of amides is 1. The number of ether oxygens (including phenoxy) is 2. The van der Waals surface area contributed by atoms with E-state index in [2.05, 4.69) is 29.2 Å². The SMILES string of the molecule is CCn1ncc2c(NC3CCOCC3)c(CN3CCN(C(=O)C4CCCO4)CC3)c(C)nc21. The Labute approximate surface area is 195 Å². The molecule has 0 bridgehead atoms. The normalized spacial score (nSPS) is 22.8. The van der Waals surface area contributed by atoms with Crippen molar-refractivity contribution in [3.63, 3.8) is 0 Å². The first-order chi connectivity index (χ1) is 16.1. The Kier molecular flexibility index (Phi) is 6.80. The molecule has 3 aliphatic rings. The number of hydrogen-bond acceptors (Lipinski definition) is 7. The van der Waals surface area contributed by atoms with Crippen molar-refractivity contribution >= 4 is 22.6 Å². The number of pyridine rings is 1. The first-order valence-electron chi connectivity index (χ1n) is 12.5. The number of fused-ring (bicyclic) bond motifs is 1. The van der Waals surface area contributed by atoms with Crippen molar-refractivity contribution < 1.29 is 14.3 Å². The van der Waals surface area contributed by atoms with Crippen LogP contribution in [0.3, 0.4) is 0 Å². The first kappa shape index (κ1) is 22.6. The number of nitrogens with one attached hydrogen (secondary N) is 1. The lowest BCUT2D eigenvalue weighted by atomic mass is 10.0. The Morgan fingerprint density at radius 1 is 1.15 bits per heavy atom. The van der Waals surface area contributed by atoms with Gasteiger partial charge < -0.3 is 19.7 Å². The summed E-state index contributed by atoms with van der Waals surface area (Å²) in [6.07, 6.45) is 5.59. The van der Waals surface area contributed by atoms with Gasteiger partial charge in [-0.15, -0.1) is 0 Å². The lowest BCUT2D eigenvalue weighted by Crippen LogP contribution is -2.51. The Bertz CT molecular complexity index is 972. The van der Waals surface area contributed by atoms with E-state index >= 15 is 0 Å². The van der Waals surface area contributed by atoms with Gasteiger partial charge in [0.05, 0.1) is 17.3 Å². The van der Waals surface area contributed by atoms with Crippen LogP contribution in [-0.2, 0) is 27.4 Å². The molecule has 9 heteroatoms. The van der Waals surface area contributed by atoms with E-state index < -0.39 is 0 Å². The number of rotatable bonds is 6. The number of hydrogen-bond donors (Lipinski definition) is 1. The van der Waals surface area contributed by atoms with Gasteiger partial charge in [0, 0.05) is 76.4 Å². The number of anilines is 1. The number of aryl methyl sites for hydroxylation is 2. The van der Waals surface area contributed by atoms with Crippen molar-refractivity contribution in [2.45, 2.75) is 64.8 Å². The number of aromatic nitrogens is 3. The molecule has 0 saturated carbocycles. The van der Waals surface area contributed by atoms with Crippen LogP contribution in [0.1, 0.15) is 43.9 Å². The standard InChI is InChI=1S/C24H36N6O3/c1-3-30-23-19(15-25-30)22(27-18-6-13-32-14-7-18)20(17(2)26-23)16-28-8-10-29(11-9-28)24(31)21-5-4-12-33-21/h15,18,21H,3-14,16H2,1-2H3,(H,26,27). The average molecular weight is 457 g/mol. The van der Waals surface area contributed by atoms with E-state index in [0.717, 1.165) is 94.9 Å². The molecule has 1 atom stereocenters. The van der Waals surface area contributed by atoms with Gasteiger partial charge in [-0.05, 0) is 39.5 Å². The Morgan fingerprint density at radius 2 is 1.94 bits per heavy atom. The Balaban J connectivity index is 1.34. The molecule has 1 unspecified atom stereocenters. The van der Waals surface area contributed by atoms with Gasteiger partial charge in [0.2, 0.25) is 0 Å². The maximum Gasteiger partial charge on any atom is 0.251 e. The molecule has 0 aliphatic carbocycles. The quantitative estimate of drug-likeness (QED) is 0.713. The van der Waals surface area contributed by atoms with Crippen LogP contribution >= 0.6 is 0 Å². The molecule has 1 N–H and O–H groups in total. The van der Waals surface area contributed by atoms with Gasteiger partial charge in [0.1, 0.15) is 6.10 Å². The van der Waals surface area contributed by atoms with Gasteiger partial charge in [0.25, 0.3) is 5.91 Å². The Hall–Kier alpha value is -2.23. The molecular formula is C24H36N6O3. The minimum Gasteiger partial charge on any atom is -0.381 e. The third-order valence-corrected chi connectivity index (χ3v) is 7.23. The molecule has 2 aromatic rings. The van der Waals surface area contributed by atoms with Gasteiger partial charge in [-0.25, -0.2) is 9.67 Å². The van der Waals surface area contributed by atoms with Gasteiger partial charge in [-0.2, -0.15) is 5.10 Å². The number of piperazine rings is 1. The molecule has 2 aromatic heterocycles. The number of carbonyl (C=O) groups is 1. The molecule has 3 saturated heterocycles. The van der Waals surface area contributed by atoms with E-state index in [1.165, 1.54) is 11.3 Å². The summed E-state index contributed by atoms with van der Waals surface area (Å²) in [5, 5.41) is 9.52. The summed E-state index contributed by atoms with van der Waals surface area (Å²) in [7, 11) is 0. The minimum absolute atomic E-state index is 0.167.